The number of carbonyl (C=O) groups excluding carboxylic acids is 3. The number of anilines is 1. The number of hydrogen-bond acceptors (Lipinski definition) is 5. The van der Waals surface area contributed by atoms with E-state index in [1.807, 2.05) is 30.5 Å². The van der Waals surface area contributed by atoms with E-state index in [-0.39, 0.29) is 18.7 Å². The quantitative estimate of drug-likeness (QED) is 0.486. The normalized spacial score (nSPS) is 25.6. The molecule has 1 N–H and O–H groups in total. The molecule has 4 aliphatic rings. The van der Waals surface area contributed by atoms with E-state index >= 15 is 0 Å². The maximum absolute atomic E-state index is 13.5. The van der Waals surface area contributed by atoms with Crippen molar-refractivity contribution in [2.24, 2.45) is 5.41 Å². The number of amides is 3. The summed E-state index contributed by atoms with van der Waals surface area (Å²) >= 11 is 0. The van der Waals surface area contributed by atoms with E-state index in [1.54, 1.807) is 6.07 Å². The second-order valence-corrected chi connectivity index (χ2v) is 12.1. The Kier molecular flexibility index (Phi) is 5.57. The van der Waals surface area contributed by atoms with Crippen molar-refractivity contribution in [2.75, 3.05) is 24.5 Å². The molecule has 7 rings (SSSR count). The second kappa shape index (κ2) is 9.30. The summed E-state index contributed by atoms with van der Waals surface area (Å²) in [5.41, 5.74) is 3.76. The molecule has 0 radical (unpaired) electrons. The highest BCUT2D eigenvalue weighted by molar-refractivity contribution is 6.27. The number of rotatable bonds is 6. The van der Waals surface area contributed by atoms with Crippen LogP contribution in [0, 0.1) is 5.41 Å². The van der Waals surface area contributed by atoms with Gasteiger partial charge in [0.15, 0.2) is 0 Å². The van der Waals surface area contributed by atoms with E-state index in [1.165, 1.54) is 30.7 Å². The van der Waals surface area contributed by atoms with Crippen LogP contribution in [0.3, 0.4) is 0 Å². The van der Waals surface area contributed by atoms with Gasteiger partial charge < -0.3 is 4.90 Å². The molecular formula is C31H35N5O3. The first kappa shape index (κ1) is 23.4. The summed E-state index contributed by atoms with van der Waals surface area (Å²) in [6.45, 7) is 5.89. The Morgan fingerprint density at radius 2 is 1.92 bits per heavy atom. The molecule has 0 bridgehead atoms. The van der Waals surface area contributed by atoms with Crippen LogP contribution in [-0.4, -0.2) is 58.1 Å². The zero-order chi connectivity index (χ0) is 27.6. The summed E-state index contributed by atoms with van der Waals surface area (Å²) in [5.74, 6) is -1.54. The van der Waals surface area contributed by atoms with Crippen LogP contribution < -0.4 is 10.2 Å². The van der Waals surface area contributed by atoms with E-state index in [4.69, 9.17) is 6.47 Å². The topological polar surface area (TPSA) is 87.5 Å². The van der Waals surface area contributed by atoms with Crippen LogP contribution in [0.25, 0.3) is 10.8 Å². The van der Waals surface area contributed by atoms with Crippen LogP contribution in [0.1, 0.15) is 80.8 Å². The van der Waals surface area contributed by atoms with Gasteiger partial charge in [-0.3, -0.25) is 29.3 Å². The summed E-state index contributed by atoms with van der Waals surface area (Å²) < 4.78 is 11.0. The summed E-state index contributed by atoms with van der Waals surface area (Å²) in [6.07, 6.45) is 11.1. The molecule has 1 aromatic heterocycles. The molecule has 3 aromatic rings. The van der Waals surface area contributed by atoms with E-state index in [2.05, 4.69) is 28.0 Å². The van der Waals surface area contributed by atoms with Gasteiger partial charge in [-0.15, -0.1) is 0 Å². The lowest BCUT2D eigenvalue weighted by Crippen LogP contribution is -2.53. The molecule has 8 nitrogen and oxygen atoms in total. The van der Waals surface area contributed by atoms with Crippen LogP contribution in [0.15, 0.2) is 42.7 Å². The van der Waals surface area contributed by atoms with Crippen LogP contribution in [-0.2, 0) is 16.0 Å². The fourth-order valence-electron chi connectivity index (χ4n) is 6.99. The summed E-state index contributed by atoms with van der Waals surface area (Å²) in [6, 6.07) is 7.99. The van der Waals surface area contributed by atoms with Gasteiger partial charge in [-0.25, -0.2) is 0 Å². The maximum atomic E-state index is 13.5. The molecule has 8 heteroatoms. The van der Waals surface area contributed by atoms with Gasteiger partial charge in [0.25, 0.3) is 5.91 Å². The Morgan fingerprint density at radius 3 is 2.67 bits per heavy atom. The van der Waals surface area contributed by atoms with E-state index in [9.17, 15) is 14.4 Å². The van der Waals surface area contributed by atoms with Gasteiger partial charge in [-0.1, -0.05) is 31.5 Å². The molecule has 4 heterocycles. The van der Waals surface area contributed by atoms with Gasteiger partial charge in [0.1, 0.15) is 6.02 Å². The second-order valence-electron chi connectivity index (χ2n) is 12.1. The Hall–Kier alpha value is -3.52. The molecule has 1 atom stereocenters. The zero-order valence-electron chi connectivity index (χ0n) is 23.4. The van der Waals surface area contributed by atoms with Gasteiger partial charge in [-0.05, 0) is 66.2 Å². The smallest absolute Gasteiger partial charge is 0.259 e. The van der Waals surface area contributed by atoms with Gasteiger partial charge in [0.2, 0.25) is 11.8 Å². The molecule has 3 aliphatic heterocycles. The number of nitrogens with one attached hydrogen (secondary N) is 1. The SMILES string of the molecule is [2H]C1(N2C(=O)c3cccc4c(Cc5cnn(C6CCN(CC7(C)CCC7)CC6)c5)ccc2c34)CCC(=O)NC1=O. The molecule has 3 fully saturated rings. The van der Waals surface area contributed by atoms with Gasteiger partial charge >= 0.3 is 0 Å². The number of piperidine rings is 2. The number of likely N-dealkylation sites (tertiary alicyclic amines) is 1. The standard InChI is InChI=1S/C31H35N5O3/c1-31(12-3-13-31)19-34-14-10-22(11-15-34)35-18-20(17-32-35)16-21-6-7-25-28-23(21)4-2-5-24(28)30(39)36(25)26-8-9-27(37)33-29(26)38/h2,4-7,17-18,22,26H,3,8-16,19H2,1H3,(H,33,37,38)/i26D. The minimum absolute atomic E-state index is 0.0268. The number of benzene rings is 2. The largest absolute Gasteiger partial charge is 0.303 e. The Balaban J connectivity index is 1.11. The highest BCUT2D eigenvalue weighted by atomic mass is 16.2. The highest BCUT2D eigenvalue weighted by Gasteiger charge is 2.41. The number of hydrogen-bond donors (Lipinski definition) is 1. The fraction of sp³-hybridized carbons (Fsp3) is 0.484. The third-order valence-corrected chi connectivity index (χ3v) is 9.30. The lowest BCUT2D eigenvalue weighted by molar-refractivity contribution is -0.134. The van der Waals surface area contributed by atoms with Crippen molar-refractivity contribution in [1.29, 1.82) is 0 Å². The number of imide groups is 1. The molecule has 2 saturated heterocycles. The predicted octanol–water partition coefficient (Wildman–Crippen LogP) is 4.22. The maximum Gasteiger partial charge on any atom is 0.259 e. The molecule has 1 unspecified atom stereocenters. The summed E-state index contributed by atoms with van der Waals surface area (Å²) in [7, 11) is 0. The molecule has 2 aromatic carbocycles. The average molecular weight is 527 g/mol. The predicted molar refractivity (Wildman–Crippen MR) is 149 cm³/mol. The van der Waals surface area contributed by atoms with Crippen molar-refractivity contribution in [1.82, 2.24) is 20.0 Å². The third kappa shape index (κ3) is 4.25. The van der Waals surface area contributed by atoms with Crippen LogP contribution in [0.4, 0.5) is 5.69 Å². The van der Waals surface area contributed by atoms with E-state index in [0.29, 0.717) is 29.1 Å². The van der Waals surface area contributed by atoms with Crippen molar-refractivity contribution in [3.05, 3.63) is 59.4 Å². The van der Waals surface area contributed by atoms with Crippen molar-refractivity contribution in [3.8, 4) is 0 Å². The van der Waals surface area contributed by atoms with Crippen molar-refractivity contribution < 1.29 is 15.8 Å². The first-order valence-corrected chi connectivity index (χ1v) is 14.2. The Labute approximate surface area is 229 Å². The minimum Gasteiger partial charge on any atom is -0.303 e. The molecule has 0 spiro atoms. The molecule has 1 saturated carbocycles. The van der Waals surface area contributed by atoms with E-state index < -0.39 is 17.8 Å². The highest BCUT2D eigenvalue weighted by Crippen LogP contribution is 2.42. The first-order valence-electron chi connectivity index (χ1n) is 14.7. The third-order valence-electron chi connectivity index (χ3n) is 9.30. The fourth-order valence-corrected chi connectivity index (χ4v) is 6.99. The van der Waals surface area contributed by atoms with Gasteiger partial charge in [-0.2, -0.15) is 5.10 Å². The van der Waals surface area contributed by atoms with Crippen LogP contribution in [0.2, 0.25) is 0 Å². The minimum atomic E-state index is -1.86. The molecule has 1 aliphatic carbocycles. The summed E-state index contributed by atoms with van der Waals surface area (Å²) in [5, 5.41) is 8.69. The lowest BCUT2D eigenvalue weighted by atomic mass is 9.70. The number of carbonyl (C=O) groups is 3. The van der Waals surface area contributed by atoms with Gasteiger partial charge in [0, 0.05) is 49.6 Å². The van der Waals surface area contributed by atoms with Crippen LogP contribution in [0.5, 0.6) is 0 Å². The van der Waals surface area contributed by atoms with Crippen molar-refractivity contribution >= 4 is 34.2 Å². The lowest BCUT2D eigenvalue weighted by Gasteiger charge is -2.44. The van der Waals surface area contributed by atoms with Crippen molar-refractivity contribution in [2.45, 2.75) is 70.4 Å². The number of aromatic nitrogens is 2. The number of nitrogens with zero attached hydrogens (tertiary/aromatic N) is 4. The molecular weight excluding hydrogens is 490 g/mol. The molecule has 39 heavy (non-hydrogen) atoms. The average Bonchev–Trinajstić information content (AvgIpc) is 3.51. The Bertz CT molecular complexity index is 1540. The molecule has 202 valence electrons. The summed E-state index contributed by atoms with van der Waals surface area (Å²) in [4.78, 5) is 41.9. The van der Waals surface area contributed by atoms with Crippen LogP contribution >= 0.6 is 0 Å². The zero-order valence-corrected chi connectivity index (χ0v) is 22.4. The monoisotopic (exact) mass is 526 g/mol. The van der Waals surface area contributed by atoms with Crippen molar-refractivity contribution in [3.63, 3.8) is 0 Å². The first-order chi connectivity index (χ1) is 19.2. The van der Waals surface area contributed by atoms with Gasteiger partial charge in [0.05, 0.1) is 19.3 Å². The Morgan fingerprint density at radius 1 is 1.10 bits per heavy atom. The van der Waals surface area contributed by atoms with E-state index in [0.717, 1.165) is 47.8 Å². The molecule has 3 amide bonds.